The topological polar surface area (TPSA) is 58.2 Å². The third-order valence-electron chi connectivity index (χ3n) is 5.52. The number of nitrogens with one attached hydrogen (secondary N) is 1. The standard InChI is InChI=1S/C22H25N3O2/c1-14-4-5-15(2)20-19(14)16(3)21(24-20)22(26)25-12-8-18(9-13-25)27-17-6-10-23-11-7-17/h4-7,10-11,18,24H,8-9,12-13H2,1-3H3. The number of aromatic amines is 1. The summed E-state index contributed by atoms with van der Waals surface area (Å²) in [5.41, 5.74) is 5.21. The molecule has 3 heterocycles. The predicted molar refractivity (Wildman–Crippen MR) is 106 cm³/mol. The van der Waals surface area contributed by atoms with Gasteiger partial charge < -0.3 is 14.6 Å². The van der Waals surface area contributed by atoms with Gasteiger partial charge in [0.2, 0.25) is 0 Å². The molecule has 5 nitrogen and oxygen atoms in total. The van der Waals surface area contributed by atoms with Gasteiger partial charge in [0.05, 0.1) is 0 Å². The summed E-state index contributed by atoms with van der Waals surface area (Å²) in [6.45, 7) is 7.63. The van der Waals surface area contributed by atoms with Gasteiger partial charge >= 0.3 is 0 Å². The molecular formula is C22H25N3O2. The zero-order valence-corrected chi connectivity index (χ0v) is 16.1. The van der Waals surface area contributed by atoms with Gasteiger partial charge in [0, 0.05) is 49.2 Å². The summed E-state index contributed by atoms with van der Waals surface area (Å²) in [6, 6.07) is 7.96. The van der Waals surface area contributed by atoms with E-state index < -0.39 is 0 Å². The first-order valence-corrected chi connectivity index (χ1v) is 9.49. The highest BCUT2D eigenvalue weighted by Crippen LogP contribution is 2.29. The minimum atomic E-state index is 0.0878. The van der Waals surface area contributed by atoms with Crippen molar-refractivity contribution in [3.8, 4) is 5.75 Å². The molecule has 1 saturated heterocycles. The maximum atomic E-state index is 13.1. The Hall–Kier alpha value is -2.82. The van der Waals surface area contributed by atoms with Gasteiger partial charge in [0.25, 0.3) is 5.91 Å². The summed E-state index contributed by atoms with van der Waals surface area (Å²) in [7, 11) is 0. The lowest BCUT2D eigenvalue weighted by Gasteiger charge is -2.32. The van der Waals surface area contributed by atoms with Crippen LogP contribution in [0.15, 0.2) is 36.7 Å². The third kappa shape index (κ3) is 3.29. The smallest absolute Gasteiger partial charge is 0.270 e. The summed E-state index contributed by atoms with van der Waals surface area (Å²) in [5.74, 6) is 0.928. The van der Waals surface area contributed by atoms with Crippen LogP contribution in [0, 0.1) is 20.8 Å². The molecule has 0 spiro atoms. The van der Waals surface area contributed by atoms with E-state index in [1.807, 2.05) is 24.0 Å². The van der Waals surface area contributed by atoms with Crippen molar-refractivity contribution in [1.82, 2.24) is 14.9 Å². The molecule has 0 bridgehead atoms. The van der Waals surface area contributed by atoms with Gasteiger partial charge in [-0.2, -0.15) is 0 Å². The first-order valence-electron chi connectivity index (χ1n) is 9.49. The van der Waals surface area contributed by atoms with Crippen molar-refractivity contribution < 1.29 is 9.53 Å². The van der Waals surface area contributed by atoms with Gasteiger partial charge in [0.1, 0.15) is 17.5 Å². The Balaban J connectivity index is 1.48. The van der Waals surface area contributed by atoms with Crippen molar-refractivity contribution in [2.75, 3.05) is 13.1 Å². The van der Waals surface area contributed by atoms with Crippen molar-refractivity contribution in [3.63, 3.8) is 0 Å². The minimum Gasteiger partial charge on any atom is -0.490 e. The fraction of sp³-hybridized carbons (Fsp3) is 0.364. The van der Waals surface area contributed by atoms with Crippen molar-refractivity contribution in [2.24, 2.45) is 0 Å². The molecule has 1 fully saturated rings. The second-order valence-electron chi connectivity index (χ2n) is 7.37. The number of H-pyrrole nitrogens is 1. The predicted octanol–water partition coefficient (Wildman–Crippen LogP) is 4.17. The van der Waals surface area contributed by atoms with Crippen LogP contribution in [0.2, 0.25) is 0 Å². The van der Waals surface area contributed by atoms with Crippen molar-refractivity contribution in [2.45, 2.75) is 39.7 Å². The molecule has 4 rings (SSSR count). The largest absolute Gasteiger partial charge is 0.490 e. The Bertz CT molecular complexity index is 970. The maximum absolute atomic E-state index is 13.1. The van der Waals surface area contributed by atoms with Crippen LogP contribution in [0.5, 0.6) is 5.75 Å². The van der Waals surface area contributed by atoms with Crippen LogP contribution in [0.1, 0.15) is 40.0 Å². The molecule has 0 radical (unpaired) electrons. The highest BCUT2D eigenvalue weighted by atomic mass is 16.5. The number of benzene rings is 1. The molecule has 1 aromatic carbocycles. The Kier molecular flexibility index (Phi) is 4.60. The summed E-state index contributed by atoms with van der Waals surface area (Å²) >= 11 is 0. The first kappa shape index (κ1) is 17.6. The summed E-state index contributed by atoms with van der Waals surface area (Å²) in [4.78, 5) is 22.5. The van der Waals surface area contributed by atoms with E-state index in [-0.39, 0.29) is 12.0 Å². The number of ether oxygens (including phenoxy) is 1. The second kappa shape index (κ2) is 7.06. The monoisotopic (exact) mass is 363 g/mol. The summed E-state index contributed by atoms with van der Waals surface area (Å²) < 4.78 is 6.01. The molecule has 27 heavy (non-hydrogen) atoms. The summed E-state index contributed by atoms with van der Waals surface area (Å²) in [6.07, 6.45) is 5.29. The normalized spacial score (nSPS) is 15.3. The molecule has 0 saturated carbocycles. The highest BCUT2D eigenvalue weighted by molar-refractivity contribution is 6.02. The molecule has 0 atom stereocenters. The average Bonchev–Trinajstić information content (AvgIpc) is 3.04. The van der Waals surface area contributed by atoms with E-state index in [9.17, 15) is 4.79 Å². The minimum absolute atomic E-state index is 0.0878. The maximum Gasteiger partial charge on any atom is 0.270 e. The zero-order valence-electron chi connectivity index (χ0n) is 16.1. The van der Waals surface area contributed by atoms with E-state index in [2.05, 4.69) is 35.9 Å². The third-order valence-corrected chi connectivity index (χ3v) is 5.52. The Morgan fingerprint density at radius 2 is 1.74 bits per heavy atom. The molecule has 140 valence electrons. The number of piperidine rings is 1. The van der Waals surface area contributed by atoms with Crippen LogP contribution >= 0.6 is 0 Å². The number of hydrogen-bond donors (Lipinski definition) is 1. The van der Waals surface area contributed by atoms with Gasteiger partial charge in [-0.3, -0.25) is 9.78 Å². The number of amides is 1. The fourth-order valence-corrected chi connectivity index (χ4v) is 3.96. The number of nitrogens with zero attached hydrogens (tertiary/aromatic N) is 2. The number of pyridine rings is 1. The second-order valence-corrected chi connectivity index (χ2v) is 7.37. The van der Waals surface area contributed by atoms with E-state index in [1.54, 1.807) is 12.4 Å². The highest BCUT2D eigenvalue weighted by Gasteiger charge is 2.27. The van der Waals surface area contributed by atoms with E-state index in [0.717, 1.165) is 35.4 Å². The number of carbonyl (C=O) groups is 1. The van der Waals surface area contributed by atoms with E-state index >= 15 is 0 Å². The molecule has 0 unspecified atom stereocenters. The molecule has 1 aliphatic heterocycles. The number of carbonyl (C=O) groups excluding carboxylic acids is 1. The van der Waals surface area contributed by atoms with Crippen LogP contribution in [0.25, 0.3) is 10.9 Å². The molecule has 5 heteroatoms. The van der Waals surface area contributed by atoms with Crippen LogP contribution in [-0.4, -0.2) is 40.0 Å². The van der Waals surface area contributed by atoms with E-state index in [1.165, 1.54) is 16.5 Å². The first-order chi connectivity index (χ1) is 13.0. The molecule has 0 aliphatic carbocycles. The number of rotatable bonds is 3. The number of hydrogen-bond acceptors (Lipinski definition) is 3. The van der Waals surface area contributed by atoms with Crippen molar-refractivity contribution in [1.29, 1.82) is 0 Å². The van der Waals surface area contributed by atoms with Crippen LogP contribution in [-0.2, 0) is 0 Å². The number of aromatic nitrogens is 2. The van der Waals surface area contributed by atoms with E-state index in [4.69, 9.17) is 4.74 Å². The van der Waals surface area contributed by atoms with Crippen LogP contribution in [0.3, 0.4) is 0 Å². The molecular weight excluding hydrogens is 338 g/mol. The van der Waals surface area contributed by atoms with Gasteiger partial charge in [-0.1, -0.05) is 12.1 Å². The number of aryl methyl sites for hydroxylation is 3. The van der Waals surface area contributed by atoms with Gasteiger partial charge in [-0.25, -0.2) is 0 Å². The zero-order chi connectivity index (χ0) is 19.0. The van der Waals surface area contributed by atoms with Crippen molar-refractivity contribution >= 4 is 16.8 Å². The Morgan fingerprint density at radius 3 is 2.41 bits per heavy atom. The molecule has 1 aliphatic rings. The summed E-state index contributed by atoms with van der Waals surface area (Å²) in [5, 5.41) is 1.18. The van der Waals surface area contributed by atoms with Crippen LogP contribution in [0.4, 0.5) is 0 Å². The SMILES string of the molecule is Cc1ccc(C)c2c(C)c(C(=O)N3CCC(Oc4ccncc4)CC3)[nH]c12. The molecule has 1 N–H and O–H groups in total. The Labute approximate surface area is 159 Å². The number of fused-ring (bicyclic) bond motifs is 1. The fourth-order valence-electron chi connectivity index (χ4n) is 3.96. The quantitative estimate of drug-likeness (QED) is 0.760. The molecule has 3 aromatic rings. The molecule has 2 aromatic heterocycles. The van der Waals surface area contributed by atoms with Gasteiger partial charge in [-0.05, 0) is 49.6 Å². The lowest BCUT2D eigenvalue weighted by atomic mass is 10.0. The van der Waals surface area contributed by atoms with E-state index in [0.29, 0.717) is 13.1 Å². The average molecular weight is 363 g/mol. The molecule has 1 amide bonds. The lowest BCUT2D eigenvalue weighted by molar-refractivity contribution is 0.0590. The van der Waals surface area contributed by atoms with Gasteiger partial charge in [-0.15, -0.1) is 0 Å². The lowest BCUT2D eigenvalue weighted by Crippen LogP contribution is -2.42. The van der Waals surface area contributed by atoms with Crippen molar-refractivity contribution in [3.05, 3.63) is 59.0 Å². The van der Waals surface area contributed by atoms with Gasteiger partial charge in [0.15, 0.2) is 0 Å². The van der Waals surface area contributed by atoms with Crippen LogP contribution < -0.4 is 4.74 Å². The number of likely N-dealkylation sites (tertiary alicyclic amines) is 1. The Morgan fingerprint density at radius 1 is 1.07 bits per heavy atom.